The molecular weight excluding hydrogens is 484 g/mol. The monoisotopic (exact) mass is 506 g/mol. The number of oxazole rings is 1. The summed E-state index contributed by atoms with van der Waals surface area (Å²) in [5.41, 5.74) is 1.79. The van der Waals surface area contributed by atoms with Crippen LogP contribution >= 0.6 is 11.3 Å². The van der Waals surface area contributed by atoms with E-state index in [0.717, 1.165) is 16.7 Å². The second-order valence-corrected chi connectivity index (χ2v) is 8.84. The maximum Gasteiger partial charge on any atom is 0.357 e. The van der Waals surface area contributed by atoms with Crippen LogP contribution in [0.2, 0.25) is 0 Å². The molecule has 0 saturated heterocycles. The van der Waals surface area contributed by atoms with Gasteiger partial charge in [-0.2, -0.15) is 0 Å². The summed E-state index contributed by atoms with van der Waals surface area (Å²) in [6, 6.07) is 11.5. The highest BCUT2D eigenvalue weighted by atomic mass is 32.1. The fourth-order valence-electron chi connectivity index (χ4n) is 3.42. The zero-order valence-corrected chi connectivity index (χ0v) is 20.2. The Hall–Kier alpha value is -4.51. The lowest BCUT2D eigenvalue weighted by Gasteiger charge is -2.13. The highest BCUT2D eigenvalue weighted by Crippen LogP contribution is 2.27. The van der Waals surface area contributed by atoms with Crippen molar-refractivity contribution in [1.29, 1.82) is 0 Å². The molecule has 10 nitrogen and oxygen atoms in total. The number of ether oxygens (including phenoxy) is 1. The molecule has 4 rings (SSSR count). The quantitative estimate of drug-likeness (QED) is 0.275. The second-order valence-electron chi connectivity index (χ2n) is 7.72. The third-order valence-corrected chi connectivity index (χ3v) is 6.12. The maximum absolute atomic E-state index is 13.3. The number of carbonyl (C=O) groups excluding carboxylic acids is 2. The molecule has 0 saturated carbocycles. The molecule has 36 heavy (non-hydrogen) atoms. The molecule has 2 aromatic heterocycles. The Morgan fingerprint density at radius 3 is 2.64 bits per heavy atom. The molecule has 0 atom stereocenters. The fourth-order valence-corrected chi connectivity index (χ4v) is 4.22. The first-order chi connectivity index (χ1) is 17.3. The molecule has 2 aromatic carbocycles. The van der Waals surface area contributed by atoms with Gasteiger partial charge in [-0.25, -0.2) is 19.6 Å². The van der Waals surface area contributed by atoms with Gasteiger partial charge in [0.25, 0.3) is 0 Å². The average Bonchev–Trinajstić information content (AvgIpc) is 3.53. The van der Waals surface area contributed by atoms with Gasteiger partial charge >= 0.3 is 12.0 Å². The van der Waals surface area contributed by atoms with Gasteiger partial charge in [-0.15, -0.1) is 11.3 Å². The zero-order valence-electron chi connectivity index (χ0n) is 19.4. The van der Waals surface area contributed by atoms with E-state index in [1.807, 2.05) is 6.92 Å². The molecule has 0 aliphatic heterocycles. The minimum absolute atomic E-state index is 0.145. The van der Waals surface area contributed by atoms with Gasteiger partial charge in [0, 0.05) is 23.1 Å². The van der Waals surface area contributed by atoms with Crippen molar-refractivity contribution in [2.24, 2.45) is 0 Å². The van der Waals surface area contributed by atoms with E-state index >= 15 is 0 Å². The number of carboxylic acids is 1. The number of anilines is 2. The zero-order chi connectivity index (χ0) is 25.7. The lowest BCUT2D eigenvalue weighted by molar-refractivity contribution is 0.0690. The van der Waals surface area contributed by atoms with Crippen LogP contribution in [0.1, 0.15) is 42.7 Å². The van der Waals surface area contributed by atoms with Crippen molar-refractivity contribution in [3.63, 3.8) is 0 Å². The molecular formula is C25H22N4O6S. The number of urea groups is 1. The van der Waals surface area contributed by atoms with Crippen LogP contribution in [0.5, 0.6) is 5.75 Å². The van der Waals surface area contributed by atoms with Crippen LogP contribution in [0.3, 0.4) is 0 Å². The van der Waals surface area contributed by atoms with Crippen LogP contribution < -0.4 is 15.4 Å². The van der Waals surface area contributed by atoms with E-state index in [1.54, 1.807) is 48.7 Å². The normalized spacial score (nSPS) is 10.6. The number of carboxylic acid groups (broad SMARTS) is 1. The SMILES string of the molecule is COc1ccccc1C(=O)c1cc(C)ccc1NC(=O)Nc1ncc(CCc2nc(C(=O)O)co2)s1. The molecule has 0 unspecified atom stereocenters. The Bertz CT molecular complexity index is 1430. The van der Waals surface area contributed by atoms with Crippen molar-refractivity contribution in [2.45, 2.75) is 19.8 Å². The Labute approximate surface area is 210 Å². The van der Waals surface area contributed by atoms with Crippen LogP contribution in [0.4, 0.5) is 15.6 Å². The topological polar surface area (TPSA) is 144 Å². The van der Waals surface area contributed by atoms with Crippen molar-refractivity contribution in [3.8, 4) is 5.75 Å². The molecule has 2 amide bonds. The number of aromatic nitrogens is 2. The molecule has 0 fully saturated rings. The van der Waals surface area contributed by atoms with Crippen molar-refractivity contribution in [3.05, 3.63) is 88.1 Å². The minimum atomic E-state index is -1.15. The van der Waals surface area contributed by atoms with Gasteiger partial charge in [-0.1, -0.05) is 23.8 Å². The van der Waals surface area contributed by atoms with E-state index in [2.05, 4.69) is 20.6 Å². The number of aryl methyl sites for hydroxylation is 3. The third kappa shape index (κ3) is 5.76. The third-order valence-electron chi connectivity index (χ3n) is 5.15. The number of hydrogen-bond donors (Lipinski definition) is 3. The first-order valence-corrected chi connectivity index (χ1v) is 11.6. The van der Waals surface area contributed by atoms with Gasteiger partial charge in [0.15, 0.2) is 22.5 Å². The summed E-state index contributed by atoms with van der Waals surface area (Å²) < 4.78 is 10.5. The average molecular weight is 507 g/mol. The van der Waals surface area contributed by atoms with E-state index in [0.29, 0.717) is 46.4 Å². The predicted molar refractivity (Wildman–Crippen MR) is 133 cm³/mol. The summed E-state index contributed by atoms with van der Waals surface area (Å²) in [6.07, 6.45) is 3.61. The number of nitrogens with zero attached hydrogens (tertiary/aromatic N) is 2. The van der Waals surface area contributed by atoms with Gasteiger partial charge < -0.3 is 19.6 Å². The van der Waals surface area contributed by atoms with E-state index in [9.17, 15) is 14.4 Å². The van der Waals surface area contributed by atoms with Gasteiger partial charge in [-0.05, 0) is 37.6 Å². The van der Waals surface area contributed by atoms with Crippen LogP contribution in [-0.2, 0) is 12.8 Å². The Morgan fingerprint density at radius 1 is 1.08 bits per heavy atom. The molecule has 0 radical (unpaired) electrons. The number of benzene rings is 2. The highest BCUT2D eigenvalue weighted by Gasteiger charge is 2.19. The first-order valence-electron chi connectivity index (χ1n) is 10.8. The number of thiazole rings is 1. The lowest BCUT2D eigenvalue weighted by atomic mass is 9.99. The van der Waals surface area contributed by atoms with E-state index in [1.165, 1.54) is 18.4 Å². The summed E-state index contributed by atoms with van der Waals surface area (Å²) in [5.74, 6) is -0.680. The molecule has 0 spiro atoms. The number of nitrogens with one attached hydrogen (secondary N) is 2. The molecule has 11 heteroatoms. The Kier molecular flexibility index (Phi) is 7.40. The van der Waals surface area contributed by atoms with Gasteiger partial charge in [0.1, 0.15) is 12.0 Å². The number of hydrogen-bond acceptors (Lipinski definition) is 8. The molecule has 3 N–H and O–H groups in total. The van der Waals surface area contributed by atoms with Crippen molar-refractivity contribution in [2.75, 3.05) is 17.7 Å². The smallest absolute Gasteiger partial charge is 0.357 e. The molecule has 0 bridgehead atoms. The minimum Gasteiger partial charge on any atom is -0.496 e. The van der Waals surface area contributed by atoms with Gasteiger partial charge in [-0.3, -0.25) is 10.1 Å². The summed E-state index contributed by atoms with van der Waals surface area (Å²) in [4.78, 5) is 45.8. The molecule has 0 aliphatic carbocycles. The van der Waals surface area contributed by atoms with Crippen molar-refractivity contribution < 1.29 is 28.6 Å². The van der Waals surface area contributed by atoms with Crippen molar-refractivity contribution in [1.82, 2.24) is 9.97 Å². The predicted octanol–water partition coefficient (Wildman–Crippen LogP) is 4.81. The van der Waals surface area contributed by atoms with Crippen LogP contribution in [0.15, 0.2) is 59.3 Å². The fraction of sp³-hybridized carbons (Fsp3) is 0.160. The summed E-state index contributed by atoms with van der Waals surface area (Å²) in [6.45, 7) is 1.86. The number of ketones is 1. The number of methoxy groups -OCH3 is 1. The number of aromatic carboxylic acids is 1. The van der Waals surface area contributed by atoms with E-state index < -0.39 is 12.0 Å². The lowest BCUT2D eigenvalue weighted by Crippen LogP contribution is -2.21. The number of amides is 2. The van der Waals surface area contributed by atoms with Gasteiger partial charge in [0.05, 0.1) is 18.4 Å². The van der Waals surface area contributed by atoms with E-state index in [4.69, 9.17) is 14.3 Å². The van der Waals surface area contributed by atoms with Crippen LogP contribution in [0, 0.1) is 6.92 Å². The molecule has 2 heterocycles. The standard InChI is InChI=1S/C25H22N4O6S/c1-14-7-9-18(17(11-14)22(30)16-5-3-4-6-20(16)34-2)28-24(33)29-25-26-12-15(36-25)8-10-21-27-19(13-35-21)23(31)32/h3-7,9,11-13H,8,10H2,1-2H3,(H,31,32)(H2,26,28,29,33). The van der Waals surface area contributed by atoms with Gasteiger partial charge in [0.2, 0.25) is 0 Å². The number of carbonyl (C=O) groups is 3. The Morgan fingerprint density at radius 2 is 1.89 bits per heavy atom. The second kappa shape index (κ2) is 10.8. The summed E-state index contributed by atoms with van der Waals surface area (Å²) >= 11 is 1.27. The Balaban J connectivity index is 1.42. The number of rotatable bonds is 9. The highest BCUT2D eigenvalue weighted by molar-refractivity contribution is 7.15. The largest absolute Gasteiger partial charge is 0.496 e. The van der Waals surface area contributed by atoms with Crippen LogP contribution in [-0.4, -0.2) is 40.0 Å². The summed E-state index contributed by atoms with van der Waals surface area (Å²) in [7, 11) is 1.50. The molecule has 4 aromatic rings. The molecule has 0 aliphatic rings. The number of para-hydroxylation sites is 1. The van der Waals surface area contributed by atoms with Crippen molar-refractivity contribution >= 4 is 39.9 Å². The van der Waals surface area contributed by atoms with Crippen LogP contribution in [0.25, 0.3) is 0 Å². The molecule has 184 valence electrons. The summed E-state index contributed by atoms with van der Waals surface area (Å²) in [5, 5.41) is 14.7. The van der Waals surface area contributed by atoms with E-state index in [-0.39, 0.29) is 11.5 Å². The first kappa shape index (κ1) is 24.6. The maximum atomic E-state index is 13.3.